The fourth-order valence-corrected chi connectivity index (χ4v) is 1.54. The van der Waals surface area contributed by atoms with E-state index in [1.807, 2.05) is 27.7 Å². The Hall–Kier alpha value is -1.10. The highest BCUT2D eigenvalue weighted by Crippen LogP contribution is 2.19. The summed E-state index contributed by atoms with van der Waals surface area (Å²) in [7, 11) is 3.03. The second-order valence-corrected chi connectivity index (χ2v) is 5.07. The van der Waals surface area contributed by atoms with E-state index < -0.39 is 0 Å². The zero-order valence-corrected chi connectivity index (χ0v) is 12.8. The number of methoxy groups -OCH3 is 2. The summed E-state index contributed by atoms with van der Waals surface area (Å²) in [5.74, 6) is 0.404. The largest absolute Gasteiger partial charge is 0.469 e. The predicted octanol–water partition coefficient (Wildman–Crippen LogP) is 4.09. The Bertz CT molecular complexity index is 279. The van der Waals surface area contributed by atoms with E-state index in [9.17, 15) is 9.59 Å². The maximum absolute atomic E-state index is 10.8. The van der Waals surface area contributed by atoms with Gasteiger partial charge in [-0.25, -0.2) is 0 Å². The highest BCUT2D eigenvalue weighted by atomic mass is 16.5. The van der Waals surface area contributed by atoms with Gasteiger partial charge in [0.05, 0.1) is 26.1 Å². The van der Waals surface area contributed by atoms with Gasteiger partial charge in [-0.05, 0) is 19.8 Å². The number of hydrogen-bond acceptors (Lipinski definition) is 5. The molecule has 0 spiro atoms. The molecule has 1 rings (SSSR count). The van der Waals surface area contributed by atoms with Crippen molar-refractivity contribution in [3.8, 4) is 0 Å². The number of esters is 2. The Morgan fingerprint density at radius 3 is 1.95 bits per heavy atom. The molecule has 1 saturated heterocycles. The van der Waals surface area contributed by atoms with E-state index in [0.717, 1.165) is 0 Å². The van der Waals surface area contributed by atoms with Gasteiger partial charge in [0.15, 0.2) is 0 Å². The molecule has 0 aliphatic carbocycles. The highest BCUT2D eigenvalue weighted by Gasteiger charge is 2.26. The van der Waals surface area contributed by atoms with E-state index in [0.29, 0.717) is 18.8 Å². The number of carbonyl (C=O) groups is 2. The van der Waals surface area contributed by atoms with E-state index in [1.54, 1.807) is 7.11 Å². The van der Waals surface area contributed by atoms with E-state index >= 15 is 0 Å². The molecule has 5 nitrogen and oxygen atoms in total. The monoisotopic (exact) mass is 322 g/mol. The van der Waals surface area contributed by atoms with E-state index in [-0.39, 0.29) is 52.3 Å². The normalized spacial score (nSPS) is 21.5. The van der Waals surface area contributed by atoms with Crippen molar-refractivity contribution in [1.82, 2.24) is 0 Å². The zero-order valence-electron chi connectivity index (χ0n) is 12.8. The number of rotatable bonds is 4. The van der Waals surface area contributed by atoms with Crippen LogP contribution in [0.15, 0.2) is 0 Å². The minimum absolute atomic E-state index is 0. The molecule has 4 atom stereocenters. The van der Waals surface area contributed by atoms with Crippen LogP contribution in [0.4, 0.5) is 0 Å². The van der Waals surface area contributed by atoms with Crippen molar-refractivity contribution in [3.05, 3.63) is 0 Å². The van der Waals surface area contributed by atoms with Gasteiger partial charge in [-0.3, -0.25) is 9.59 Å². The number of cyclic esters (lactones) is 1. The molecule has 0 aromatic carbocycles. The minimum Gasteiger partial charge on any atom is -0.469 e. The Morgan fingerprint density at radius 2 is 1.73 bits per heavy atom. The van der Waals surface area contributed by atoms with Gasteiger partial charge in [0.1, 0.15) is 6.10 Å². The molecule has 0 aromatic rings. The van der Waals surface area contributed by atoms with Crippen molar-refractivity contribution in [1.29, 1.82) is 0 Å². The van der Waals surface area contributed by atoms with Gasteiger partial charge < -0.3 is 14.2 Å². The fourth-order valence-electron chi connectivity index (χ4n) is 1.54. The van der Waals surface area contributed by atoms with Crippen LogP contribution in [-0.2, 0) is 23.8 Å². The summed E-state index contributed by atoms with van der Waals surface area (Å²) in [6, 6.07) is 0. The second kappa shape index (κ2) is 14.8. The Morgan fingerprint density at radius 1 is 1.23 bits per heavy atom. The molecule has 0 radical (unpaired) electrons. The predicted molar refractivity (Wildman–Crippen MR) is 91.8 cm³/mol. The van der Waals surface area contributed by atoms with Gasteiger partial charge >= 0.3 is 11.9 Å². The fraction of sp³-hybridized carbons (Fsp3) is 0.882. The van der Waals surface area contributed by atoms with Gasteiger partial charge in [-0.15, -0.1) is 0 Å². The zero-order chi connectivity index (χ0) is 15.0. The molecule has 0 bridgehead atoms. The molecule has 4 unspecified atom stereocenters. The van der Waals surface area contributed by atoms with Crippen LogP contribution in [0.2, 0.25) is 0 Å². The van der Waals surface area contributed by atoms with E-state index in [2.05, 4.69) is 4.74 Å². The van der Waals surface area contributed by atoms with Gasteiger partial charge in [0.2, 0.25) is 0 Å². The third-order valence-electron chi connectivity index (χ3n) is 3.50. The number of ether oxygens (including phenoxy) is 3. The molecule has 1 heterocycles. The molecule has 1 aliphatic rings. The summed E-state index contributed by atoms with van der Waals surface area (Å²) < 4.78 is 14.4. The van der Waals surface area contributed by atoms with Crippen LogP contribution in [0, 0.1) is 11.8 Å². The summed E-state index contributed by atoms with van der Waals surface area (Å²) in [6.45, 7) is 7.85. The molecular weight excluding hydrogens is 284 g/mol. The first-order valence-corrected chi connectivity index (χ1v) is 6.60. The Balaban J connectivity index is -0.000000133. The minimum atomic E-state index is -0.179. The maximum Gasteiger partial charge on any atom is 0.306 e. The lowest BCUT2D eigenvalue weighted by atomic mass is 10.0. The van der Waals surface area contributed by atoms with E-state index in [4.69, 9.17) is 9.47 Å². The molecule has 0 aromatic heterocycles. The summed E-state index contributed by atoms with van der Waals surface area (Å²) in [6.07, 6.45) is 1.27. The summed E-state index contributed by atoms with van der Waals surface area (Å²) in [5, 5.41) is 0. The Labute approximate surface area is 137 Å². The summed E-state index contributed by atoms with van der Waals surface area (Å²) in [4.78, 5) is 21.2. The van der Waals surface area contributed by atoms with Crippen LogP contribution >= 0.6 is 0 Å². The third-order valence-corrected chi connectivity index (χ3v) is 3.50. The molecule has 22 heavy (non-hydrogen) atoms. The average Bonchev–Trinajstić information content (AvgIpc) is 2.65. The van der Waals surface area contributed by atoms with Crippen molar-refractivity contribution >= 4 is 11.9 Å². The van der Waals surface area contributed by atoms with Crippen LogP contribution in [0.1, 0.15) is 62.8 Å². The average molecular weight is 322 g/mol. The lowest BCUT2D eigenvalue weighted by Gasteiger charge is -2.16. The van der Waals surface area contributed by atoms with Crippen LogP contribution in [-0.4, -0.2) is 38.4 Å². The first-order valence-electron chi connectivity index (χ1n) is 6.60. The van der Waals surface area contributed by atoms with Crippen LogP contribution < -0.4 is 0 Å². The molecular formula is C17H38O5. The van der Waals surface area contributed by atoms with Gasteiger partial charge in [0.25, 0.3) is 0 Å². The Kier molecular flexibility index (Phi) is 19.5. The maximum atomic E-state index is 10.8. The summed E-state index contributed by atoms with van der Waals surface area (Å²) in [5.41, 5.74) is 0. The standard InChI is InChI=1S/C8H16O3.C6H10O2.3CH4/c1-6(7(2)10-3)5-8(9)11-4;1-4-3-6(7)8-5(4)2;;;/h6-7H,5H2,1-4H3;4-5H,3H2,1-2H3;3*1H4. The molecule has 1 fully saturated rings. The first-order chi connectivity index (χ1) is 8.81. The quantitative estimate of drug-likeness (QED) is 0.730. The molecule has 0 N–H and O–H groups in total. The third kappa shape index (κ3) is 11.5. The lowest BCUT2D eigenvalue weighted by molar-refractivity contribution is -0.143. The van der Waals surface area contributed by atoms with Crippen molar-refractivity contribution in [2.24, 2.45) is 11.8 Å². The van der Waals surface area contributed by atoms with Gasteiger partial charge in [-0.2, -0.15) is 0 Å². The molecule has 1 aliphatic heterocycles. The smallest absolute Gasteiger partial charge is 0.306 e. The molecule has 0 amide bonds. The topological polar surface area (TPSA) is 61.8 Å². The molecule has 5 heteroatoms. The highest BCUT2D eigenvalue weighted by molar-refractivity contribution is 5.71. The van der Waals surface area contributed by atoms with Crippen LogP contribution in [0.25, 0.3) is 0 Å². The second-order valence-electron chi connectivity index (χ2n) is 5.07. The van der Waals surface area contributed by atoms with Crippen molar-refractivity contribution in [2.45, 2.75) is 75.0 Å². The van der Waals surface area contributed by atoms with Crippen molar-refractivity contribution in [2.75, 3.05) is 14.2 Å². The SMILES string of the molecule is C.C.C.CC1CC(=O)OC1C.COC(=O)CC(C)C(C)OC. The number of carbonyl (C=O) groups excluding carboxylic acids is 2. The van der Waals surface area contributed by atoms with Crippen LogP contribution in [0.3, 0.4) is 0 Å². The molecule has 136 valence electrons. The van der Waals surface area contributed by atoms with Gasteiger partial charge in [0, 0.05) is 13.0 Å². The first kappa shape index (κ1) is 29.0. The van der Waals surface area contributed by atoms with Crippen LogP contribution in [0.5, 0.6) is 0 Å². The summed E-state index contributed by atoms with van der Waals surface area (Å²) >= 11 is 0. The number of hydrogen-bond donors (Lipinski definition) is 0. The van der Waals surface area contributed by atoms with Gasteiger partial charge in [-0.1, -0.05) is 36.1 Å². The molecule has 0 saturated carbocycles. The lowest BCUT2D eigenvalue weighted by Crippen LogP contribution is -2.20. The van der Waals surface area contributed by atoms with Crippen molar-refractivity contribution in [3.63, 3.8) is 0 Å². The van der Waals surface area contributed by atoms with E-state index in [1.165, 1.54) is 7.11 Å². The van der Waals surface area contributed by atoms with Crippen molar-refractivity contribution < 1.29 is 23.8 Å².